The van der Waals surface area contributed by atoms with E-state index in [0.717, 1.165) is 5.56 Å². The van der Waals surface area contributed by atoms with Gasteiger partial charge in [-0.25, -0.2) is 12.8 Å². The number of hydrogen-bond donors (Lipinski definition) is 2. The lowest BCUT2D eigenvalue weighted by Crippen LogP contribution is -2.32. The van der Waals surface area contributed by atoms with Crippen LogP contribution in [0.25, 0.3) is 22.8 Å². The SMILES string of the molecule is CC(C)(CF)C(=O)Nc1ccc(NS(=O)(=O)c2cccc(-c3noc(-c4ccccc4)n3)c2)cc1. The van der Waals surface area contributed by atoms with Crippen LogP contribution in [0.2, 0.25) is 0 Å². The van der Waals surface area contributed by atoms with E-state index >= 15 is 0 Å². The average Bonchev–Trinajstić information content (AvgIpc) is 3.36. The maximum absolute atomic E-state index is 13.0. The first-order chi connectivity index (χ1) is 16.7. The third-order valence-corrected chi connectivity index (χ3v) is 6.57. The van der Waals surface area contributed by atoms with Gasteiger partial charge in [-0.3, -0.25) is 9.52 Å². The second kappa shape index (κ2) is 9.67. The number of halogens is 1. The minimum absolute atomic E-state index is 0.0168. The number of nitrogens with one attached hydrogen (secondary N) is 2. The molecule has 1 aromatic heterocycles. The van der Waals surface area contributed by atoms with Crippen molar-refractivity contribution in [3.8, 4) is 22.8 Å². The third-order valence-electron chi connectivity index (χ3n) is 5.19. The first-order valence-corrected chi connectivity index (χ1v) is 12.2. The van der Waals surface area contributed by atoms with E-state index in [-0.39, 0.29) is 10.7 Å². The number of hydrogen-bond acceptors (Lipinski definition) is 6. The summed E-state index contributed by atoms with van der Waals surface area (Å²) in [7, 11) is -3.93. The van der Waals surface area contributed by atoms with Crippen LogP contribution in [0.15, 0.2) is 88.3 Å². The summed E-state index contributed by atoms with van der Waals surface area (Å²) in [6, 6.07) is 21.5. The highest BCUT2D eigenvalue weighted by molar-refractivity contribution is 7.92. The van der Waals surface area contributed by atoms with Gasteiger partial charge < -0.3 is 9.84 Å². The fourth-order valence-electron chi connectivity index (χ4n) is 3.04. The second-order valence-corrected chi connectivity index (χ2v) is 10.2. The Hall–Kier alpha value is -4.05. The van der Waals surface area contributed by atoms with Crippen molar-refractivity contribution in [3.05, 3.63) is 78.9 Å². The van der Waals surface area contributed by atoms with Crippen LogP contribution in [-0.2, 0) is 14.8 Å². The van der Waals surface area contributed by atoms with Crippen LogP contribution in [0, 0.1) is 5.41 Å². The number of anilines is 2. The van der Waals surface area contributed by atoms with Crippen LogP contribution in [0.4, 0.5) is 15.8 Å². The highest BCUT2D eigenvalue weighted by atomic mass is 32.2. The molecule has 0 aliphatic heterocycles. The Kier molecular flexibility index (Phi) is 6.65. The van der Waals surface area contributed by atoms with Crippen molar-refractivity contribution in [1.29, 1.82) is 0 Å². The first kappa shape index (κ1) is 24.1. The van der Waals surface area contributed by atoms with Crippen molar-refractivity contribution < 1.29 is 22.1 Å². The zero-order valence-electron chi connectivity index (χ0n) is 19.0. The normalized spacial score (nSPS) is 11.7. The van der Waals surface area contributed by atoms with Crippen LogP contribution < -0.4 is 10.0 Å². The molecule has 4 aromatic rings. The van der Waals surface area contributed by atoms with Crippen LogP contribution in [-0.4, -0.2) is 31.1 Å². The molecule has 180 valence electrons. The number of amides is 1. The number of nitrogens with zero attached hydrogens (tertiary/aromatic N) is 2. The van der Waals surface area contributed by atoms with E-state index in [4.69, 9.17) is 4.52 Å². The Labute approximate surface area is 202 Å². The maximum Gasteiger partial charge on any atom is 0.261 e. The summed E-state index contributed by atoms with van der Waals surface area (Å²) in [5.74, 6) is 0.119. The lowest BCUT2D eigenvalue weighted by Gasteiger charge is -2.19. The molecule has 0 unspecified atom stereocenters. The molecule has 0 saturated carbocycles. The highest BCUT2D eigenvalue weighted by Crippen LogP contribution is 2.26. The lowest BCUT2D eigenvalue weighted by atomic mass is 9.94. The van der Waals surface area contributed by atoms with Gasteiger partial charge >= 0.3 is 0 Å². The molecule has 2 N–H and O–H groups in total. The molecule has 1 heterocycles. The largest absolute Gasteiger partial charge is 0.334 e. The van der Waals surface area contributed by atoms with Crippen LogP contribution in [0.1, 0.15) is 13.8 Å². The molecule has 0 fully saturated rings. The first-order valence-electron chi connectivity index (χ1n) is 10.7. The Morgan fingerprint density at radius 3 is 2.29 bits per heavy atom. The van der Waals surface area contributed by atoms with E-state index in [9.17, 15) is 17.6 Å². The van der Waals surface area contributed by atoms with E-state index in [1.807, 2.05) is 30.3 Å². The summed E-state index contributed by atoms with van der Waals surface area (Å²) >= 11 is 0. The molecule has 0 saturated heterocycles. The van der Waals surface area contributed by atoms with Crippen molar-refractivity contribution >= 4 is 27.3 Å². The highest BCUT2D eigenvalue weighted by Gasteiger charge is 2.27. The number of benzene rings is 3. The number of sulfonamides is 1. The minimum atomic E-state index is -3.93. The number of carbonyl (C=O) groups is 1. The topological polar surface area (TPSA) is 114 Å². The van der Waals surface area contributed by atoms with E-state index in [1.165, 1.54) is 50.2 Å². The van der Waals surface area contributed by atoms with Crippen molar-refractivity contribution in [1.82, 2.24) is 10.1 Å². The van der Waals surface area contributed by atoms with Gasteiger partial charge in [0.15, 0.2) is 0 Å². The third kappa shape index (κ3) is 5.55. The maximum atomic E-state index is 13.0. The van der Waals surface area contributed by atoms with Crippen molar-refractivity contribution in [2.45, 2.75) is 18.7 Å². The van der Waals surface area contributed by atoms with Gasteiger partial charge in [0.2, 0.25) is 11.7 Å². The Morgan fingerprint density at radius 2 is 1.60 bits per heavy atom. The Morgan fingerprint density at radius 1 is 0.943 bits per heavy atom. The van der Waals surface area contributed by atoms with Gasteiger partial charge in [0.05, 0.1) is 10.3 Å². The monoisotopic (exact) mass is 494 g/mol. The fraction of sp³-hybridized carbons (Fsp3) is 0.160. The second-order valence-electron chi connectivity index (χ2n) is 8.47. The molecule has 0 aliphatic carbocycles. The molecular formula is C25H23FN4O4S. The summed E-state index contributed by atoms with van der Waals surface area (Å²) in [4.78, 5) is 16.5. The molecule has 0 bridgehead atoms. The van der Waals surface area contributed by atoms with E-state index in [1.54, 1.807) is 12.1 Å². The van der Waals surface area contributed by atoms with E-state index < -0.39 is 28.0 Å². The molecule has 0 atom stereocenters. The molecule has 35 heavy (non-hydrogen) atoms. The summed E-state index contributed by atoms with van der Waals surface area (Å²) in [6.07, 6.45) is 0. The zero-order valence-corrected chi connectivity index (χ0v) is 19.8. The molecule has 0 spiro atoms. The van der Waals surface area contributed by atoms with Gasteiger partial charge in [-0.2, -0.15) is 4.98 Å². The van der Waals surface area contributed by atoms with Crippen molar-refractivity contribution in [2.24, 2.45) is 5.41 Å². The lowest BCUT2D eigenvalue weighted by molar-refractivity contribution is -0.124. The van der Waals surface area contributed by atoms with Gasteiger partial charge in [0.25, 0.3) is 15.9 Å². The van der Waals surface area contributed by atoms with E-state index in [0.29, 0.717) is 22.8 Å². The van der Waals surface area contributed by atoms with Gasteiger partial charge in [0.1, 0.15) is 6.67 Å². The predicted molar refractivity (Wildman–Crippen MR) is 131 cm³/mol. The predicted octanol–water partition coefficient (Wildman–Crippen LogP) is 5.14. The fourth-order valence-corrected chi connectivity index (χ4v) is 4.14. The Balaban J connectivity index is 1.50. The summed E-state index contributed by atoms with van der Waals surface area (Å²) in [6.45, 7) is 2.19. The molecule has 0 aliphatic rings. The van der Waals surface area contributed by atoms with Gasteiger partial charge in [-0.05, 0) is 62.4 Å². The summed E-state index contributed by atoms with van der Waals surface area (Å²) < 4.78 is 46.7. The van der Waals surface area contributed by atoms with Gasteiger partial charge in [0, 0.05) is 22.5 Å². The number of alkyl halides is 1. The van der Waals surface area contributed by atoms with Gasteiger partial charge in [-0.1, -0.05) is 35.5 Å². The smallest absolute Gasteiger partial charge is 0.261 e. The van der Waals surface area contributed by atoms with Crippen molar-refractivity contribution in [2.75, 3.05) is 16.7 Å². The minimum Gasteiger partial charge on any atom is -0.334 e. The molecule has 0 radical (unpaired) electrons. The van der Waals surface area contributed by atoms with Crippen LogP contribution in [0.3, 0.4) is 0 Å². The Bertz CT molecular complexity index is 1440. The van der Waals surface area contributed by atoms with Crippen LogP contribution >= 0.6 is 0 Å². The average molecular weight is 495 g/mol. The molecule has 4 rings (SSSR count). The summed E-state index contributed by atoms with van der Waals surface area (Å²) in [5, 5.41) is 6.58. The summed E-state index contributed by atoms with van der Waals surface area (Å²) in [5.41, 5.74) is 0.792. The molecule has 3 aromatic carbocycles. The molecule has 1 amide bonds. The number of aromatic nitrogens is 2. The number of carbonyl (C=O) groups excluding carboxylic acids is 1. The number of rotatable bonds is 8. The molecule has 10 heteroatoms. The van der Waals surface area contributed by atoms with Crippen LogP contribution in [0.5, 0.6) is 0 Å². The van der Waals surface area contributed by atoms with Gasteiger partial charge in [-0.15, -0.1) is 0 Å². The van der Waals surface area contributed by atoms with E-state index in [2.05, 4.69) is 20.2 Å². The molecule has 8 nitrogen and oxygen atoms in total. The standard InChI is InChI=1S/C25H23FN4O4S/c1-25(2,16-26)24(31)27-19-11-13-20(14-12-19)30-35(32,33)21-10-6-9-18(15-21)22-28-23(34-29-22)17-7-4-3-5-8-17/h3-15,30H,16H2,1-2H3,(H,27,31). The zero-order chi connectivity index (χ0) is 25.1. The molecular weight excluding hydrogens is 471 g/mol. The van der Waals surface area contributed by atoms with Crippen molar-refractivity contribution in [3.63, 3.8) is 0 Å². The quantitative estimate of drug-likeness (QED) is 0.351.